The minimum atomic E-state index is -0.604. The fourth-order valence-corrected chi connectivity index (χ4v) is 1.89. The minimum Gasteiger partial charge on any atom is -0.488 e. The molecule has 0 amide bonds. The first-order valence-electron chi connectivity index (χ1n) is 5.81. The van der Waals surface area contributed by atoms with E-state index in [0.717, 1.165) is 12.1 Å². The van der Waals surface area contributed by atoms with Crippen molar-refractivity contribution in [2.24, 2.45) is 0 Å². The van der Waals surface area contributed by atoms with Gasteiger partial charge in [-0.1, -0.05) is 17.7 Å². The van der Waals surface area contributed by atoms with Crippen LogP contribution in [0.15, 0.2) is 36.4 Å². The smallest absolute Gasteiger partial charge is 0.270 e. The molecule has 0 heterocycles. The molecule has 5 nitrogen and oxygen atoms in total. The highest BCUT2D eigenvalue weighted by Crippen LogP contribution is 2.25. The predicted molar refractivity (Wildman–Crippen MR) is 74.2 cm³/mol. The highest BCUT2D eigenvalue weighted by atomic mass is 35.5. The maximum absolute atomic E-state index is 12.9. The van der Waals surface area contributed by atoms with Gasteiger partial charge < -0.3 is 4.74 Å². The van der Waals surface area contributed by atoms with Crippen LogP contribution in [0.3, 0.4) is 0 Å². The number of hydrogen-bond donors (Lipinski definition) is 0. The molecule has 2 aromatic carbocycles. The number of rotatable bonds is 5. The lowest BCUT2D eigenvalue weighted by Crippen LogP contribution is -2.00. The molecule has 0 aromatic heterocycles. The van der Waals surface area contributed by atoms with E-state index < -0.39 is 10.7 Å². The topological polar surface area (TPSA) is 69.4 Å². The van der Waals surface area contributed by atoms with Crippen molar-refractivity contribution in [3.63, 3.8) is 0 Å². The molecule has 0 aliphatic carbocycles. The van der Waals surface area contributed by atoms with E-state index in [1.54, 1.807) is 0 Å². The Kier molecular flexibility index (Phi) is 4.49. The first-order valence-corrected chi connectivity index (χ1v) is 6.19. The summed E-state index contributed by atoms with van der Waals surface area (Å²) in [5.41, 5.74) is 0.389. The third-order valence-corrected chi connectivity index (χ3v) is 3.08. The summed E-state index contributed by atoms with van der Waals surface area (Å²) >= 11 is 5.86. The molecule has 0 spiro atoms. The SMILES string of the molecule is O=Cc1cc([N+](=O)[O-])ccc1OCc1ccc(F)cc1Cl. The molecular formula is C14H9ClFNO4. The van der Waals surface area contributed by atoms with Crippen molar-refractivity contribution >= 4 is 23.6 Å². The van der Waals surface area contributed by atoms with E-state index >= 15 is 0 Å². The second kappa shape index (κ2) is 6.32. The zero-order valence-electron chi connectivity index (χ0n) is 10.6. The van der Waals surface area contributed by atoms with E-state index in [9.17, 15) is 19.3 Å². The summed E-state index contributed by atoms with van der Waals surface area (Å²) in [6, 6.07) is 7.53. The van der Waals surface area contributed by atoms with Crippen molar-refractivity contribution in [1.82, 2.24) is 0 Å². The molecule has 0 bridgehead atoms. The molecule has 0 aliphatic heterocycles. The lowest BCUT2D eigenvalue weighted by molar-refractivity contribution is -0.384. The number of benzene rings is 2. The van der Waals surface area contributed by atoms with Gasteiger partial charge in [-0.2, -0.15) is 0 Å². The number of nitrogens with zero attached hydrogens (tertiary/aromatic N) is 1. The van der Waals surface area contributed by atoms with Crippen molar-refractivity contribution in [1.29, 1.82) is 0 Å². The molecule has 108 valence electrons. The molecule has 0 saturated carbocycles. The van der Waals surface area contributed by atoms with E-state index in [-0.39, 0.29) is 28.6 Å². The molecule has 0 N–H and O–H groups in total. The molecule has 0 saturated heterocycles. The Bertz CT molecular complexity index is 705. The van der Waals surface area contributed by atoms with Crippen molar-refractivity contribution in [3.8, 4) is 5.75 Å². The van der Waals surface area contributed by atoms with Gasteiger partial charge in [0.2, 0.25) is 0 Å². The van der Waals surface area contributed by atoms with E-state index in [0.29, 0.717) is 11.8 Å². The van der Waals surface area contributed by atoms with E-state index in [1.807, 2.05) is 0 Å². The van der Waals surface area contributed by atoms with Gasteiger partial charge in [-0.05, 0) is 18.2 Å². The van der Waals surface area contributed by atoms with Crippen LogP contribution in [0.1, 0.15) is 15.9 Å². The maximum atomic E-state index is 12.9. The number of hydrogen-bond acceptors (Lipinski definition) is 4. The Morgan fingerprint density at radius 2 is 2.05 bits per heavy atom. The highest BCUT2D eigenvalue weighted by Gasteiger charge is 2.12. The van der Waals surface area contributed by atoms with E-state index in [2.05, 4.69) is 0 Å². The summed E-state index contributed by atoms with van der Waals surface area (Å²) in [5.74, 6) is -0.274. The summed E-state index contributed by atoms with van der Waals surface area (Å²) in [6.07, 6.45) is 0.467. The predicted octanol–water partition coefficient (Wildman–Crippen LogP) is 3.78. The zero-order valence-corrected chi connectivity index (χ0v) is 11.3. The number of ether oxygens (including phenoxy) is 1. The van der Waals surface area contributed by atoms with Crippen molar-refractivity contribution in [3.05, 3.63) is 68.5 Å². The lowest BCUT2D eigenvalue weighted by Gasteiger charge is -2.09. The monoisotopic (exact) mass is 309 g/mol. The van der Waals surface area contributed by atoms with Gasteiger partial charge in [-0.15, -0.1) is 0 Å². The molecule has 0 atom stereocenters. The van der Waals surface area contributed by atoms with Crippen LogP contribution in [0.4, 0.5) is 10.1 Å². The van der Waals surface area contributed by atoms with Crippen molar-refractivity contribution in [2.75, 3.05) is 0 Å². The molecule has 0 unspecified atom stereocenters. The van der Waals surface area contributed by atoms with Crippen molar-refractivity contribution < 1.29 is 18.8 Å². The van der Waals surface area contributed by atoms with Crippen molar-refractivity contribution in [2.45, 2.75) is 6.61 Å². The Labute approximate surface area is 124 Å². The van der Waals surface area contributed by atoms with Gasteiger partial charge >= 0.3 is 0 Å². The first kappa shape index (κ1) is 14.9. The summed E-state index contributed by atoms with van der Waals surface area (Å²) in [4.78, 5) is 21.0. The van der Waals surface area contributed by atoms with Crippen LogP contribution in [-0.4, -0.2) is 11.2 Å². The molecule has 21 heavy (non-hydrogen) atoms. The number of non-ortho nitro benzene ring substituents is 1. The summed E-state index contributed by atoms with van der Waals surface area (Å²) < 4.78 is 18.3. The maximum Gasteiger partial charge on any atom is 0.270 e. The number of halogens is 2. The fraction of sp³-hybridized carbons (Fsp3) is 0.0714. The summed E-state index contributed by atoms with van der Waals surface area (Å²) in [5, 5.41) is 10.8. The quantitative estimate of drug-likeness (QED) is 0.479. The van der Waals surface area contributed by atoms with Crippen LogP contribution in [0, 0.1) is 15.9 Å². The average molecular weight is 310 g/mol. The Morgan fingerprint density at radius 1 is 1.29 bits per heavy atom. The van der Waals surface area contributed by atoms with Crippen LogP contribution >= 0.6 is 11.6 Å². The number of carbonyl (C=O) groups excluding carboxylic acids is 1. The van der Waals surface area contributed by atoms with Gasteiger partial charge in [-0.25, -0.2) is 4.39 Å². The van der Waals surface area contributed by atoms with E-state index in [4.69, 9.17) is 16.3 Å². The largest absolute Gasteiger partial charge is 0.488 e. The van der Waals surface area contributed by atoms with Crippen LogP contribution in [0.2, 0.25) is 5.02 Å². The number of nitro groups is 1. The molecule has 2 rings (SSSR count). The molecule has 0 fully saturated rings. The van der Waals surface area contributed by atoms with Gasteiger partial charge in [0.1, 0.15) is 18.2 Å². The van der Waals surface area contributed by atoms with Crippen LogP contribution in [0.5, 0.6) is 5.75 Å². The third-order valence-electron chi connectivity index (χ3n) is 2.73. The Hall–Kier alpha value is -2.47. The summed E-state index contributed by atoms with van der Waals surface area (Å²) in [6.45, 7) is 0.0117. The standard InChI is InChI=1S/C14H9ClFNO4/c15-13-6-11(16)2-1-9(13)8-21-14-4-3-12(17(19)20)5-10(14)7-18/h1-7H,8H2. The molecular weight excluding hydrogens is 301 g/mol. The second-order valence-electron chi connectivity index (χ2n) is 4.12. The summed E-state index contributed by atoms with van der Waals surface area (Å²) in [7, 11) is 0. The lowest BCUT2D eigenvalue weighted by atomic mass is 10.2. The Balaban J connectivity index is 2.19. The third kappa shape index (κ3) is 3.55. The normalized spacial score (nSPS) is 10.2. The number of nitro benzene ring substituents is 1. The minimum absolute atomic E-state index is 0.0117. The van der Waals surface area contributed by atoms with Gasteiger partial charge in [0.05, 0.1) is 15.5 Å². The van der Waals surface area contributed by atoms with Crippen LogP contribution in [-0.2, 0) is 6.61 Å². The van der Waals surface area contributed by atoms with Gasteiger partial charge in [0.15, 0.2) is 6.29 Å². The molecule has 2 aromatic rings. The number of carbonyl (C=O) groups is 1. The first-order chi connectivity index (χ1) is 10.0. The van der Waals surface area contributed by atoms with Gasteiger partial charge in [0, 0.05) is 17.7 Å². The molecule has 0 aliphatic rings. The van der Waals surface area contributed by atoms with Crippen LogP contribution < -0.4 is 4.74 Å². The highest BCUT2D eigenvalue weighted by molar-refractivity contribution is 6.31. The number of aldehydes is 1. The molecule has 0 radical (unpaired) electrons. The molecule has 7 heteroatoms. The second-order valence-corrected chi connectivity index (χ2v) is 4.53. The van der Waals surface area contributed by atoms with E-state index in [1.165, 1.54) is 24.3 Å². The average Bonchev–Trinajstić information content (AvgIpc) is 2.46. The zero-order chi connectivity index (χ0) is 15.4. The van der Waals surface area contributed by atoms with Gasteiger partial charge in [0.25, 0.3) is 5.69 Å². The Morgan fingerprint density at radius 3 is 2.67 bits per heavy atom. The van der Waals surface area contributed by atoms with Crippen LogP contribution in [0.25, 0.3) is 0 Å². The van der Waals surface area contributed by atoms with Gasteiger partial charge in [-0.3, -0.25) is 14.9 Å². The fourth-order valence-electron chi connectivity index (χ4n) is 1.67.